The average molecular weight is 221 g/mol. The number of benzene rings is 1. The minimum Gasteiger partial charge on any atom is -0.373 e. The first-order valence-electron chi connectivity index (χ1n) is 5.53. The third kappa shape index (κ3) is 3.76. The van der Waals surface area contributed by atoms with E-state index in [0.29, 0.717) is 13.2 Å². The zero-order valence-electron chi connectivity index (χ0n) is 9.95. The van der Waals surface area contributed by atoms with E-state index in [1.807, 2.05) is 32.0 Å². The smallest absolute Gasteiger partial charge is 0.188 e. The molecule has 1 aromatic carbocycles. The molecule has 0 aliphatic rings. The Morgan fingerprint density at radius 2 is 2.06 bits per heavy atom. The van der Waals surface area contributed by atoms with Crippen LogP contribution in [0.25, 0.3) is 0 Å². The van der Waals surface area contributed by atoms with Crippen LogP contribution in [0.2, 0.25) is 0 Å². The molecular weight excluding hydrogens is 202 g/mol. The fourth-order valence-electron chi connectivity index (χ4n) is 1.35. The van der Waals surface area contributed by atoms with Gasteiger partial charge in [0.2, 0.25) is 0 Å². The van der Waals surface area contributed by atoms with Crippen molar-refractivity contribution in [3.05, 3.63) is 34.9 Å². The van der Waals surface area contributed by atoms with Gasteiger partial charge in [0.25, 0.3) is 0 Å². The molecule has 0 saturated heterocycles. The molecule has 1 rings (SSSR count). The summed E-state index contributed by atoms with van der Waals surface area (Å²) in [6.45, 7) is 5.32. The zero-order valence-corrected chi connectivity index (χ0v) is 9.95. The van der Waals surface area contributed by atoms with E-state index >= 15 is 0 Å². The van der Waals surface area contributed by atoms with Gasteiger partial charge in [-0.15, -0.1) is 0 Å². The maximum absolute atomic E-state index is 11.7. The second kappa shape index (κ2) is 6.40. The number of rotatable bonds is 6. The Hall–Kier alpha value is -1.19. The van der Waals surface area contributed by atoms with Crippen molar-refractivity contribution in [1.82, 2.24) is 0 Å². The minimum atomic E-state index is 0.0279. The summed E-state index contributed by atoms with van der Waals surface area (Å²) in [5.74, 6) is 0.0279. The van der Waals surface area contributed by atoms with Gasteiger partial charge in [-0.1, -0.05) is 12.1 Å². The summed E-state index contributed by atoms with van der Waals surface area (Å²) >= 11 is 0. The molecule has 0 heterocycles. The van der Waals surface area contributed by atoms with E-state index in [-0.39, 0.29) is 12.4 Å². The van der Waals surface area contributed by atoms with Gasteiger partial charge in [-0.2, -0.15) is 0 Å². The van der Waals surface area contributed by atoms with Crippen LogP contribution in [0.3, 0.4) is 0 Å². The van der Waals surface area contributed by atoms with E-state index in [4.69, 9.17) is 10.5 Å². The lowest BCUT2D eigenvalue weighted by Gasteiger charge is -2.05. The van der Waals surface area contributed by atoms with Crippen LogP contribution in [0, 0.1) is 13.8 Å². The first-order chi connectivity index (χ1) is 7.65. The van der Waals surface area contributed by atoms with Crippen molar-refractivity contribution >= 4 is 5.78 Å². The summed E-state index contributed by atoms with van der Waals surface area (Å²) in [7, 11) is 0. The molecule has 0 spiro atoms. The molecule has 0 saturated carbocycles. The number of aryl methyl sites for hydroxylation is 2. The summed E-state index contributed by atoms with van der Waals surface area (Å²) in [4.78, 5) is 11.7. The van der Waals surface area contributed by atoms with Gasteiger partial charge in [-0.25, -0.2) is 0 Å². The zero-order chi connectivity index (χ0) is 12.0. The van der Waals surface area contributed by atoms with Crippen molar-refractivity contribution in [1.29, 1.82) is 0 Å². The highest BCUT2D eigenvalue weighted by Gasteiger charge is 2.06. The molecule has 0 unspecified atom stereocenters. The monoisotopic (exact) mass is 221 g/mol. The lowest BCUT2D eigenvalue weighted by Crippen LogP contribution is -2.12. The van der Waals surface area contributed by atoms with Crippen molar-refractivity contribution in [2.24, 2.45) is 5.73 Å². The number of Topliss-reactive ketones (excluding diaryl/α,β-unsaturated/α-hetero) is 1. The van der Waals surface area contributed by atoms with Gasteiger partial charge in [-0.3, -0.25) is 4.79 Å². The lowest BCUT2D eigenvalue weighted by atomic mass is 10.0. The molecule has 0 aliphatic heterocycles. The van der Waals surface area contributed by atoms with Gasteiger partial charge in [-0.05, 0) is 44.0 Å². The van der Waals surface area contributed by atoms with E-state index < -0.39 is 0 Å². The molecule has 0 radical (unpaired) electrons. The molecule has 0 atom stereocenters. The molecule has 1 aromatic rings. The van der Waals surface area contributed by atoms with Crippen LogP contribution in [0.4, 0.5) is 0 Å². The summed E-state index contributed by atoms with van der Waals surface area (Å²) in [5.41, 5.74) is 8.37. The van der Waals surface area contributed by atoms with Gasteiger partial charge in [0.1, 0.15) is 6.61 Å². The normalized spacial score (nSPS) is 10.4. The second-order valence-electron chi connectivity index (χ2n) is 3.92. The number of hydrogen-bond acceptors (Lipinski definition) is 3. The Morgan fingerprint density at radius 1 is 1.31 bits per heavy atom. The molecule has 0 bridgehead atoms. The molecule has 88 valence electrons. The number of carbonyl (C=O) groups excluding carboxylic acids is 1. The first kappa shape index (κ1) is 12.9. The summed E-state index contributed by atoms with van der Waals surface area (Å²) in [5, 5.41) is 0. The number of carbonyl (C=O) groups is 1. The quantitative estimate of drug-likeness (QED) is 0.589. The van der Waals surface area contributed by atoms with E-state index in [9.17, 15) is 4.79 Å². The van der Waals surface area contributed by atoms with Crippen molar-refractivity contribution in [2.75, 3.05) is 19.8 Å². The molecule has 0 aliphatic carbocycles. The first-order valence-corrected chi connectivity index (χ1v) is 5.53. The Balaban J connectivity index is 2.50. The van der Waals surface area contributed by atoms with Crippen LogP contribution in [-0.4, -0.2) is 25.5 Å². The third-order valence-electron chi connectivity index (χ3n) is 2.55. The molecule has 3 heteroatoms. The average Bonchev–Trinajstić information content (AvgIpc) is 2.28. The Kier molecular flexibility index (Phi) is 5.15. The second-order valence-corrected chi connectivity index (χ2v) is 3.92. The fraction of sp³-hybridized carbons (Fsp3) is 0.462. The summed E-state index contributed by atoms with van der Waals surface area (Å²) < 4.78 is 5.23. The predicted molar refractivity (Wildman–Crippen MR) is 64.7 cm³/mol. The Morgan fingerprint density at radius 3 is 2.69 bits per heavy atom. The summed E-state index contributed by atoms with van der Waals surface area (Å²) in [6.07, 6.45) is 0.792. The molecule has 0 aromatic heterocycles. The minimum absolute atomic E-state index is 0.0279. The Labute approximate surface area is 96.6 Å². The van der Waals surface area contributed by atoms with E-state index in [2.05, 4.69) is 0 Å². The van der Waals surface area contributed by atoms with Crippen LogP contribution in [0.5, 0.6) is 0 Å². The fourth-order valence-corrected chi connectivity index (χ4v) is 1.35. The van der Waals surface area contributed by atoms with Crippen LogP contribution in [-0.2, 0) is 4.74 Å². The van der Waals surface area contributed by atoms with Gasteiger partial charge in [0.05, 0.1) is 0 Å². The molecule has 2 N–H and O–H groups in total. The van der Waals surface area contributed by atoms with Crippen LogP contribution < -0.4 is 5.73 Å². The maximum atomic E-state index is 11.7. The number of ether oxygens (including phenoxy) is 1. The predicted octanol–water partition coefficient (Wildman–Crippen LogP) is 1.85. The van der Waals surface area contributed by atoms with Crippen molar-refractivity contribution in [2.45, 2.75) is 20.3 Å². The third-order valence-corrected chi connectivity index (χ3v) is 2.55. The van der Waals surface area contributed by atoms with Gasteiger partial charge in [0, 0.05) is 12.2 Å². The largest absolute Gasteiger partial charge is 0.373 e. The SMILES string of the molecule is Cc1ccc(C(=O)COCCCN)cc1C. The molecule has 16 heavy (non-hydrogen) atoms. The van der Waals surface area contributed by atoms with E-state index in [1.165, 1.54) is 5.56 Å². The topological polar surface area (TPSA) is 52.3 Å². The number of nitrogens with two attached hydrogens (primary N) is 1. The lowest BCUT2D eigenvalue weighted by molar-refractivity contribution is 0.0758. The van der Waals surface area contributed by atoms with Gasteiger partial charge >= 0.3 is 0 Å². The van der Waals surface area contributed by atoms with Crippen molar-refractivity contribution in [3.63, 3.8) is 0 Å². The maximum Gasteiger partial charge on any atom is 0.188 e. The molecule has 0 fully saturated rings. The molecular formula is C13H19NO2. The standard InChI is InChI=1S/C13H19NO2/c1-10-4-5-12(8-11(10)2)13(15)9-16-7-3-6-14/h4-5,8H,3,6-7,9,14H2,1-2H3. The number of ketones is 1. The van der Waals surface area contributed by atoms with Gasteiger partial charge in [0.15, 0.2) is 5.78 Å². The van der Waals surface area contributed by atoms with Crippen LogP contribution >= 0.6 is 0 Å². The van der Waals surface area contributed by atoms with Gasteiger partial charge < -0.3 is 10.5 Å². The molecule has 0 amide bonds. The highest BCUT2D eigenvalue weighted by atomic mass is 16.5. The van der Waals surface area contributed by atoms with Crippen molar-refractivity contribution in [3.8, 4) is 0 Å². The highest BCUT2D eigenvalue weighted by Crippen LogP contribution is 2.10. The highest BCUT2D eigenvalue weighted by molar-refractivity contribution is 5.97. The van der Waals surface area contributed by atoms with Crippen LogP contribution in [0.15, 0.2) is 18.2 Å². The summed E-state index contributed by atoms with van der Waals surface area (Å²) in [6, 6.07) is 5.71. The molecule has 3 nitrogen and oxygen atoms in total. The van der Waals surface area contributed by atoms with E-state index in [1.54, 1.807) is 0 Å². The van der Waals surface area contributed by atoms with Crippen molar-refractivity contribution < 1.29 is 9.53 Å². The Bertz CT molecular complexity index is 361. The number of hydrogen-bond donors (Lipinski definition) is 1. The van der Waals surface area contributed by atoms with Crippen LogP contribution in [0.1, 0.15) is 27.9 Å². The van der Waals surface area contributed by atoms with E-state index in [0.717, 1.165) is 17.5 Å².